The minimum atomic E-state index is -0.549. The van der Waals surface area contributed by atoms with Gasteiger partial charge in [-0.15, -0.1) is 0 Å². The molecule has 0 radical (unpaired) electrons. The summed E-state index contributed by atoms with van der Waals surface area (Å²) in [5, 5.41) is 1.46. The number of hydrogen-bond donors (Lipinski definition) is 2. The molecule has 0 spiro atoms. The van der Waals surface area contributed by atoms with E-state index >= 15 is 0 Å². The van der Waals surface area contributed by atoms with Crippen molar-refractivity contribution in [3.05, 3.63) is 69.0 Å². The number of aromatic nitrogens is 2. The van der Waals surface area contributed by atoms with E-state index in [1.165, 1.54) is 12.1 Å². The Hall–Kier alpha value is -3.87. The fourth-order valence-corrected chi connectivity index (χ4v) is 3.77. The van der Waals surface area contributed by atoms with Crippen LogP contribution in [0.2, 0.25) is 0 Å². The summed E-state index contributed by atoms with van der Waals surface area (Å²) in [4.78, 5) is 30.4. The van der Waals surface area contributed by atoms with Crippen molar-refractivity contribution in [2.24, 2.45) is 0 Å². The van der Waals surface area contributed by atoms with Gasteiger partial charge in [0.15, 0.2) is 22.3 Å². The molecule has 6 aromatic rings. The fourth-order valence-electron chi connectivity index (χ4n) is 3.77. The van der Waals surface area contributed by atoms with Crippen molar-refractivity contribution in [1.82, 2.24) is 9.97 Å². The van der Waals surface area contributed by atoms with Crippen molar-refractivity contribution < 1.29 is 13.2 Å². The lowest BCUT2D eigenvalue weighted by molar-refractivity contribution is 0.586. The van der Waals surface area contributed by atoms with Crippen molar-refractivity contribution in [1.29, 1.82) is 0 Å². The molecule has 6 nitrogen and oxygen atoms in total. The highest BCUT2D eigenvalue weighted by Crippen LogP contribution is 2.38. The van der Waals surface area contributed by atoms with Crippen LogP contribution >= 0.6 is 0 Å². The molecule has 0 fully saturated rings. The van der Waals surface area contributed by atoms with Crippen molar-refractivity contribution >= 4 is 54.9 Å². The number of hydrogen-bond acceptors (Lipinski definition) is 4. The van der Waals surface area contributed by atoms with Gasteiger partial charge in [-0.3, -0.25) is 14.6 Å². The van der Waals surface area contributed by atoms with E-state index in [9.17, 15) is 14.0 Å². The normalized spacial score (nSPS) is 12.2. The van der Waals surface area contributed by atoms with Gasteiger partial charge < -0.3 is 13.8 Å². The molecule has 6 rings (SSSR count). The predicted octanol–water partition coefficient (Wildman–Crippen LogP) is 4.15. The summed E-state index contributed by atoms with van der Waals surface area (Å²) in [6.45, 7) is 0. The van der Waals surface area contributed by atoms with Gasteiger partial charge in [-0.05, 0) is 30.3 Å². The molecular formula is C20H9FN2O4. The van der Waals surface area contributed by atoms with Gasteiger partial charge in [-0.2, -0.15) is 0 Å². The maximum atomic E-state index is 13.7. The molecule has 0 atom stereocenters. The minimum Gasteiger partial charge on any atom is -0.449 e. The van der Waals surface area contributed by atoms with Crippen molar-refractivity contribution in [2.45, 2.75) is 0 Å². The lowest BCUT2D eigenvalue weighted by Crippen LogP contribution is -2.05. The standard InChI is InChI=1S/C20H9FN2O4/c21-8-5-6-9-10(7-8)22-16-13(9)14-15(20(25)23-19(14)24)17-18(16)27-12-4-2-1-3-11(12)26-17/h1-7,22H,(H,23,24,25). The second-order valence-electron chi connectivity index (χ2n) is 6.41. The van der Waals surface area contributed by atoms with Crippen LogP contribution in [-0.4, -0.2) is 9.97 Å². The Balaban J connectivity index is 2.05. The number of aromatic amines is 2. The van der Waals surface area contributed by atoms with E-state index in [-0.39, 0.29) is 16.4 Å². The van der Waals surface area contributed by atoms with E-state index in [4.69, 9.17) is 8.83 Å². The second-order valence-corrected chi connectivity index (χ2v) is 6.41. The first-order valence-electron chi connectivity index (χ1n) is 8.23. The van der Waals surface area contributed by atoms with E-state index in [0.29, 0.717) is 38.6 Å². The Morgan fingerprint density at radius 2 is 1.48 bits per heavy atom. The maximum absolute atomic E-state index is 13.7. The fraction of sp³-hybridized carbons (Fsp3) is 0. The number of benzene rings is 3. The molecule has 0 bridgehead atoms. The molecule has 2 N–H and O–H groups in total. The zero-order valence-corrected chi connectivity index (χ0v) is 13.6. The zero-order chi connectivity index (χ0) is 18.3. The number of rotatable bonds is 0. The van der Waals surface area contributed by atoms with E-state index in [1.54, 1.807) is 30.3 Å². The number of H-pyrrole nitrogens is 2. The van der Waals surface area contributed by atoms with E-state index in [2.05, 4.69) is 9.97 Å². The van der Waals surface area contributed by atoms with Crippen molar-refractivity contribution in [2.75, 3.05) is 0 Å². The lowest BCUT2D eigenvalue weighted by atomic mass is 10.1. The molecular weight excluding hydrogens is 351 g/mol. The van der Waals surface area contributed by atoms with Gasteiger partial charge >= 0.3 is 0 Å². The molecule has 3 heterocycles. The molecule has 0 saturated heterocycles. The molecule has 0 aliphatic carbocycles. The lowest BCUT2D eigenvalue weighted by Gasteiger charge is -2.04. The van der Waals surface area contributed by atoms with Crippen LogP contribution in [0, 0.1) is 5.82 Å². The Labute approximate surface area is 147 Å². The highest BCUT2D eigenvalue weighted by atomic mass is 19.1. The van der Waals surface area contributed by atoms with Gasteiger partial charge in [0.05, 0.1) is 16.3 Å². The molecule has 7 heteroatoms. The third-order valence-electron chi connectivity index (χ3n) is 4.88. The Morgan fingerprint density at radius 3 is 2.26 bits per heavy atom. The number of para-hydroxylation sites is 2. The highest BCUT2D eigenvalue weighted by Gasteiger charge is 2.23. The zero-order valence-electron chi connectivity index (χ0n) is 13.6. The molecule has 3 aromatic carbocycles. The van der Waals surface area contributed by atoms with Crippen LogP contribution in [0.1, 0.15) is 0 Å². The molecule has 0 unspecified atom stereocenters. The summed E-state index contributed by atoms with van der Waals surface area (Å²) in [5.41, 5.74) is 1.30. The minimum absolute atomic E-state index is 0.127. The largest absolute Gasteiger partial charge is 0.449 e. The van der Waals surface area contributed by atoms with Crippen LogP contribution in [0.3, 0.4) is 0 Å². The van der Waals surface area contributed by atoms with Crippen LogP contribution in [0.4, 0.5) is 4.39 Å². The molecule has 0 amide bonds. The monoisotopic (exact) mass is 360 g/mol. The van der Waals surface area contributed by atoms with Crippen molar-refractivity contribution in [3.63, 3.8) is 0 Å². The van der Waals surface area contributed by atoms with Gasteiger partial charge in [0.1, 0.15) is 5.82 Å². The summed E-state index contributed by atoms with van der Waals surface area (Å²) in [6, 6.07) is 11.2. The molecule has 0 aliphatic rings. The van der Waals surface area contributed by atoms with Crippen LogP contribution in [0.5, 0.6) is 0 Å². The van der Waals surface area contributed by atoms with Gasteiger partial charge in [-0.25, -0.2) is 4.39 Å². The molecule has 130 valence electrons. The van der Waals surface area contributed by atoms with Gasteiger partial charge in [0.25, 0.3) is 11.1 Å². The average molecular weight is 360 g/mol. The van der Waals surface area contributed by atoms with E-state index in [1.807, 2.05) is 0 Å². The van der Waals surface area contributed by atoms with Gasteiger partial charge in [0, 0.05) is 16.3 Å². The summed E-state index contributed by atoms with van der Waals surface area (Å²) in [6.07, 6.45) is 0. The first-order chi connectivity index (χ1) is 13.1. The summed E-state index contributed by atoms with van der Waals surface area (Å²) < 4.78 is 25.7. The molecule has 3 aromatic heterocycles. The van der Waals surface area contributed by atoms with Crippen LogP contribution < -0.4 is 11.1 Å². The maximum Gasteiger partial charge on any atom is 0.262 e. The number of halogens is 1. The smallest absolute Gasteiger partial charge is 0.262 e. The first-order valence-corrected chi connectivity index (χ1v) is 8.23. The summed E-state index contributed by atoms with van der Waals surface area (Å²) >= 11 is 0. The summed E-state index contributed by atoms with van der Waals surface area (Å²) in [5.74, 6) is -0.414. The SMILES string of the molecule is O=c1[nH]c(=O)c2c1c1oc3ccccc3oc1c1[nH]c3cc(F)ccc3c12. The van der Waals surface area contributed by atoms with Gasteiger partial charge in [-0.1, -0.05) is 12.1 Å². The number of fused-ring (bicyclic) bond motifs is 9. The highest BCUT2D eigenvalue weighted by molar-refractivity contribution is 6.29. The van der Waals surface area contributed by atoms with Gasteiger partial charge in [0.2, 0.25) is 0 Å². The molecule has 0 aliphatic heterocycles. The van der Waals surface area contributed by atoms with Crippen LogP contribution in [0.15, 0.2) is 60.9 Å². The molecule has 0 saturated carbocycles. The Kier molecular flexibility index (Phi) is 2.46. The quantitative estimate of drug-likeness (QED) is 0.398. The third kappa shape index (κ3) is 1.72. The van der Waals surface area contributed by atoms with E-state index < -0.39 is 16.9 Å². The van der Waals surface area contributed by atoms with Crippen molar-refractivity contribution in [3.8, 4) is 0 Å². The number of nitrogens with one attached hydrogen (secondary N) is 2. The van der Waals surface area contributed by atoms with Crippen LogP contribution in [0.25, 0.3) is 54.9 Å². The second kappa shape index (κ2) is 4.64. The topological polar surface area (TPSA) is 92.0 Å². The Morgan fingerprint density at radius 1 is 0.778 bits per heavy atom. The molecule has 27 heavy (non-hydrogen) atoms. The first kappa shape index (κ1) is 14.3. The Bertz CT molecular complexity index is 1680. The van der Waals surface area contributed by atoms with E-state index in [0.717, 1.165) is 0 Å². The third-order valence-corrected chi connectivity index (χ3v) is 4.88. The summed E-state index contributed by atoms with van der Waals surface area (Å²) in [7, 11) is 0. The van der Waals surface area contributed by atoms with Crippen LogP contribution in [-0.2, 0) is 0 Å². The predicted molar refractivity (Wildman–Crippen MR) is 99.7 cm³/mol. The average Bonchev–Trinajstić information content (AvgIpc) is 3.17.